The molecule has 7 heteroatoms. The zero-order valence-corrected chi connectivity index (χ0v) is 14.3. The smallest absolute Gasteiger partial charge is 0.274 e. The zero-order valence-electron chi connectivity index (χ0n) is 14.3. The van der Waals surface area contributed by atoms with Gasteiger partial charge in [-0.2, -0.15) is 5.10 Å². The van der Waals surface area contributed by atoms with Gasteiger partial charge in [-0.1, -0.05) is 30.3 Å². The summed E-state index contributed by atoms with van der Waals surface area (Å²) in [4.78, 5) is 14.0. The van der Waals surface area contributed by atoms with E-state index in [0.29, 0.717) is 12.3 Å². The highest BCUT2D eigenvalue weighted by molar-refractivity contribution is 5.80. The van der Waals surface area contributed by atoms with Crippen molar-refractivity contribution in [3.8, 4) is 5.75 Å². The van der Waals surface area contributed by atoms with E-state index in [1.165, 1.54) is 5.56 Å². The summed E-state index contributed by atoms with van der Waals surface area (Å²) in [7, 11) is 0. The van der Waals surface area contributed by atoms with Crippen LogP contribution in [0.25, 0.3) is 0 Å². The number of H-pyrrole nitrogens is 1. The zero-order chi connectivity index (χ0) is 18.2. The molecule has 7 nitrogen and oxygen atoms in total. The average molecular weight is 349 g/mol. The Morgan fingerprint density at radius 2 is 1.88 bits per heavy atom. The summed E-state index contributed by atoms with van der Waals surface area (Å²) in [6.07, 6.45) is 2.48. The number of ether oxygens (including phenoxy) is 1. The molecule has 3 rings (SSSR count). The van der Waals surface area contributed by atoms with Gasteiger partial charge in [0.1, 0.15) is 11.4 Å². The Bertz CT molecular complexity index is 921. The molecule has 0 bridgehead atoms. The molecule has 0 radical (unpaired) electrons. The molecule has 2 N–H and O–H groups in total. The van der Waals surface area contributed by atoms with Gasteiger partial charge in [0, 0.05) is 6.42 Å². The van der Waals surface area contributed by atoms with Crippen molar-refractivity contribution in [2.45, 2.75) is 13.3 Å². The van der Waals surface area contributed by atoms with E-state index < -0.39 is 0 Å². The first-order valence-corrected chi connectivity index (χ1v) is 8.20. The fourth-order valence-electron chi connectivity index (χ4n) is 2.19. The minimum Gasteiger partial charge on any atom is -0.493 e. The second-order valence-electron chi connectivity index (χ2n) is 5.61. The molecule has 0 spiro atoms. The lowest BCUT2D eigenvalue weighted by atomic mass is 10.2. The van der Waals surface area contributed by atoms with Crippen LogP contribution < -0.4 is 15.7 Å². The van der Waals surface area contributed by atoms with Crippen molar-refractivity contribution in [1.29, 1.82) is 0 Å². The Balaban J connectivity index is 1.49. The summed E-state index contributed by atoms with van der Waals surface area (Å²) in [5.74, 6) is 0.998. The van der Waals surface area contributed by atoms with Gasteiger partial charge >= 0.3 is 0 Å². The van der Waals surface area contributed by atoms with Crippen LogP contribution in [0.4, 0.5) is 5.95 Å². The fraction of sp³-hybridized carbons (Fsp3) is 0.158. The molecule has 1 heterocycles. The van der Waals surface area contributed by atoms with Crippen molar-refractivity contribution in [3.05, 3.63) is 81.8 Å². The first-order valence-electron chi connectivity index (χ1n) is 8.20. The van der Waals surface area contributed by atoms with Gasteiger partial charge in [0.05, 0.1) is 12.8 Å². The number of benzene rings is 2. The molecule has 0 amide bonds. The van der Waals surface area contributed by atoms with Crippen molar-refractivity contribution in [2.75, 3.05) is 12.0 Å². The third kappa shape index (κ3) is 5.01. The second-order valence-corrected chi connectivity index (χ2v) is 5.61. The summed E-state index contributed by atoms with van der Waals surface area (Å²) in [6.45, 7) is 2.21. The summed E-state index contributed by atoms with van der Waals surface area (Å²) >= 11 is 0. The van der Waals surface area contributed by atoms with E-state index in [4.69, 9.17) is 4.74 Å². The van der Waals surface area contributed by atoms with Gasteiger partial charge in [0.2, 0.25) is 5.95 Å². The maximum atomic E-state index is 11.4. The fourth-order valence-corrected chi connectivity index (χ4v) is 2.19. The van der Waals surface area contributed by atoms with Crippen molar-refractivity contribution in [2.24, 2.45) is 5.10 Å². The number of rotatable bonds is 7. The highest BCUT2D eigenvalue weighted by Gasteiger charge is 1.98. The number of aryl methyl sites for hydroxylation is 1. The standard InChI is InChI=1S/C19H19N5O2/c1-14-18(25)21-19(24-22-14)23-20-13-16-7-9-17(10-8-16)26-12-11-15-5-3-2-4-6-15/h2-10,13H,11-12H2,1H3,(H2,21,23,24,25)/b20-13+. The normalized spacial score (nSPS) is 10.8. The Kier molecular flexibility index (Phi) is 5.72. The molecular formula is C19H19N5O2. The van der Waals surface area contributed by atoms with E-state index in [1.54, 1.807) is 13.1 Å². The van der Waals surface area contributed by atoms with Gasteiger partial charge in [-0.05, 0) is 42.3 Å². The largest absolute Gasteiger partial charge is 0.493 e. The Hall–Kier alpha value is -3.48. The maximum Gasteiger partial charge on any atom is 0.274 e. The van der Waals surface area contributed by atoms with E-state index >= 15 is 0 Å². The van der Waals surface area contributed by atoms with Crippen LogP contribution in [0.2, 0.25) is 0 Å². The minimum absolute atomic E-state index is 0.192. The molecule has 2 aromatic carbocycles. The van der Waals surface area contributed by atoms with Crippen LogP contribution in [0.3, 0.4) is 0 Å². The van der Waals surface area contributed by atoms with Crippen LogP contribution in [0.1, 0.15) is 16.8 Å². The third-order valence-electron chi connectivity index (χ3n) is 3.63. The van der Waals surface area contributed by atoms with Crippen LogP contribution in [-0.2, 0) is 6.42 Å². The van der Waals surface area contributed by atoms with E-state index in [0.717, 1.165) is 17.7 Å². The number of aromatic amines is 1. The molecule has 0 fully saturated rings. The lowest BCUT2D eigenvalue weighted by Crippen LogP contribution is -2.15. The van der Waals surface area contributed by atoms with Crippen LogP contribution in [0, 0.1) is 6.92 Å². The van der Waals surface area contributed by atoms with Gasteiger partial charge in [-0.3, -0.25) is 9.78 Å². The van der Waals surface area contributed by atoms with E-state index in [9.17, 15) is 4.79 Å². The SMILES string of the molecule is Cc1nnc(N/N=C/c2ccc(OCCc3ccccc3)cc2)[nH]c1=O. The summed E-state index contributed by atoms with van der Waals surface area (Å²) < 4.78 is 5.74. The summed E-state index contributed by atoms with van der Waals surface area (Å²) in [6, 6.07) is 17.8. The predicted molar refractivity (Wildman–Crippen MR) is 101 cm³/mol. The average Bonchev–Trinajstić information content (AvgIpc) is 2.67. The van der Waals surface area contributed by atoms with Crippen molar-refractivity contribution in [1.82, 2.24) is 15.2 Å². The van der Waals surface area contributed by atoms with Crippen molar-refractivity contribution >= 4 is 12.2 Å². The van der Waals surface area contributed by atoms with Gasteiger partial charge in [0.15, 0.2) is 0 Å². The molecule has 0 aliphatic heterocycles. The molecule has 0 aliphatic carbocycles. The molecule has 0 aliphatic rings. The molecule has 0 saturated carbocycles. The number of hydrogen-bond donors (Lipinski definition) is 2. The Morgan fingerprint density at radius 1 is 1.12 bits per heavy atom. The molecular weight excluding hydrogens is 330 g/mol. The highest BCUT2D eigenvalue weighted by Crippen LogP contribution is 2.12. The lowest BCUT2D eigenvalue weighted by Gasteiger charge is -2.06. The lowest BCUT2D eigenvalue weighted by molar-refractivity contribution is 0.322. The second kappa shape index (κ2) is 8.57. The van der Waals surface area contributed by atoms with Crippen molar-refractivity contribution < 1.29 is 4.74 Å². The third-order valence-corrected chi connectivity index (χ3v) is 3.63. The number of anilines is 1. The monoisotopic (exact) mass is 349 g/mol. The number of aromatic nitrogens is 3. The van der Waals surface area contributed by atoms with E-state index in [1.807, 2.05) is 42.5 Å². The molecule has 0 atom stereocenters. The van der Waals surface area contributed by atoms with Crippen molar-refractivity contribution in [3.63, 3.8) is 0 Å². The number of hydrogen-bond acceptors (Lipinski definition) is 6. The van der Waals surface area contributed by atoms with Gasteiger partial charge in [-0.25, -0.2) is 5.43 Å². The number of nitrogens with zero attached hydrogens (tertiary/aromatic N) is 3. The topological polar surface area (TPSA) is 92.3 Å². The molecule has 3 aromatic rings. The van der Waals surface area contributed by atoms with Gasteiger partial charge in [0.25, 0.3) is 5.56 Å². The summed E-state index contributed by atoms with van der Waals surface area (Å²) in [5.41, 5.74) is 4.78. The molecule has 1 aromatic heterocycles. The van der Waals surface area contributed by atoms with Gasteiger partial charge < -0.3 is 4.74 Å². The first kappa shape index (κ1) is 17.3. The Labute approximate surface area is 150 Å². The molecule has 26 heavy (non-hydrogen) atoms. The van der Waals surface area contributed by atoms with Crippen LogP contribution in [0.5, 0.6) is 5.75 Å². The minimum atomic E-state index is -0.297. The van der Waals surface area contributed by atoms with Crippen LogP contribution >= 0.6 is 0 Å². The van der Waals surface area contributed by atoms with Crippen LogP contribution in [-0.4, -0.2) is 28.0 Å². The number of hydrazone groups is 1. The maximum absolute atomic E-state index is 11.4. The highest BCUT2D eigenvalue weighted by atomic mass is 16.5. The molecule has 132 valence electrons. The quantitative estimate of drug-likeness (QED) is 0.505. The first-order chi connectivity index (χ1) is 12.7. The number of nitrogens with one attached hydrogen (secondary N) is 2. The van der Waals surface area contributed by atoms with E-state index in [2.05, 4.69) is 37.8 Å². The molecule has 0 unspecified atom stereocenters. The van der Waals surface area contributed by atoms with Gasteiger partial charge in [-0.15, -0.1) is 10.2 Å². The Morgan fingerprint density at radius 3 is 2.62 bits per heavy atom. The summed E-state index contributed by atoms with van der Waals surface area (Å²) in [5, 5.41) is 11.5. The van der Waals surface area contributed by atoms with Crippen LogP contribution in [0.15, 0.2) is 64.5 Å². The molecule has 0 saturated heterocycles. The predicted octanol–water partition coefficient (Wildman–Crippen LogP) is 2.54. The van der Waals surface area contributed by atoms with E-state index in [-0.39, 0.29) is 11.5 Å².